The average Bonchev–Trinajstić information content (AvgIpc) is 2.69. The van der Waals surface area contributed by atoms with Crippen LogP contribution in [0.3, 0.4) is 0 Å². The monoisotopic (exact) mass is 349 g/mol. The van der Waals surface area contributed by atoms with Crippen molar-refractivity contribution in [2.45, 2.75) is 6.61 Å². The van der Waals surface area contributed by atoms with E-state index in [0.29, 0.717) is 23.7 Å². The third-order valence-electron chi connectivity index (χ3n) is 3.42. The molecule has 0 fully saturated rings. The quantitative estimate of drug-likeness (QED) is 0.411. The summed E-state index contributed by atoms with van der Waals surface area (Å²) in [4.78, 5) is 11.8. The summed E-state index contributed by atoms with van der Waals surface area (Å²) in [7, 11) is 1.55. The standard InChI is InChI=1S/C21H19NO4/c1-3-12-25-19-10-8-16(13-20(19)24-2)9-11-21(23)26-15-18-6-4-17(14-22)5-7-18/h3-11,13H,1,12,15H2,2H3/b11-9+. The number of hydrogen-bond acceptors (Lipinski definition) is 5. The molecule has 0 unspecified atom stereocenters. The van der Waals surface area contributed by atoms with Gasteiger partial charge in [0.25, 0.3) is 0 Å². The fourth-order valence-electron chi connectivity index (χ4n) is 2.10. The largest absolute Gasteiger partial charge is 0.493 e. The minimum absolute atomic E-state index is 0.145. The molecule has 0 spiro atoms. The van der Waals surface area contributed by atoms with Crippen LogP contribution in [0.2, 0.25) is 0 Å². The van der Waals surface area contributed by atoms with Gasteiger partial charge in [0, 0.05) is 6.08 Å². The molecular weight excluding hydrogens is 330 g/mol. The van der Waals surface area contributed by atoms with E-state index >= 15 is 0 Å². The van der Waals surface area contributed by atoms with E-state index in [4.69, 9.17) is 19.5 Å². The highest BCUT2D eigenvalue weighted by Crippen LogP contribution is 2.28. The van der Waals surface area contributed by atoms with Crippen LogP contribution in [0.1, 0.15) is 16.7 Å². The zero-order chi connectivity index (χ0) is 18.8. The van der Waals surface area contributed by atoms with Gasteiger partial charge < -0.3 is 14.2 Å². The van der Waals surface area contributed by atoms with Gasteiger partial charge in [0.15, 0.2) is 11.5 Å². The lowest BCUT2D eigenvalue weighted by Gasteiger charge is -2.09. The SMILES string of the molecule is C=CCOc1ccc(/C=C/C(=O)OCc2ccc(C#N)cc2)cc1OC. The van der Waals surface area contributed by atoms with E-state index in [9.17, 15) is 4.79 Å². The average molecular weight is 349 g/mol. The van der Waals surface area contributed by atoms with Crippen LogP contribution in [0.5, 0.6) is 11.5 Å². The lowest BCUT2D eigenvalue weighted by atomic mass is 10.1. The second-order valence-corrected chi connectivity index (χ2v) is 5.26. The van der Waals surface area contributed by atoms with E-state index in [0.717, 1.165) is 11.1 Å². The van der Waals surface area contributed by atoms with Gasteiger partial charge in [-0.1, -0.05) is 30.9 Å². The lowest BCUT2D eigenvalue weighted by Crippen LogP contribution is -2.00. The van der Waals surface area contributed by atoms with Gasteiger partial charge in [-0.3, -0.25) is 0 Å². The normalized spacial score (nSPS) is 10.2. The summed E-state index contributed by atoms with van der Waals surface area (Å²) in [5.41, 5.74) is 2.16. The highest BCUT2D eigenvalue weighted by molar-refractivity contribution is 5.87. The molecule has 0 aliphatic heterocycles. The Hall–Kier alpha value is -3.52. The van der Waals surface area contributed by atoms with Crippen LogP contribution in [0.15, 0.2) is 61.2 Å². The van der Waals surface area contributed by atoms with E-state index in [-0.39, 0.29) is 6.61 Å². The van der Waals surface area contributed by atoms with Gasteiger partial charge in [0.1, 0.15) is 13.2 Å². The van der Waals surface area contributed by atoms with E-state index in [1.165, 1.54) is 6.08 Å². The van der Waals surface area contributed by atoms with E-state index in [1.807, 2.05) is 12.1 Å². The van der Waals surface area contributed by atoms with Crippen molar-refractivity contribution < 1.29 is 19.0 Å². The summed E-state index contributed by atoms with van der Waals surface area (Å²) in [6.07, 6.45) is 4.64. The molecule has 26 heavy (non-hydrogen) atoms. The highest BCUT2D eigenvalue weighted by Gasteiger charge is 2.05. The van der Waals surface area contributed by atoms with Crippen LogP contribution >= 0.6 is 0 Å². The van der Waals surface area contributed by atoms with Crippen LogP contribution in [0.25, 0.3) is 6.08 Å². The fourth-order valence-corrected chi connectivity index (χ4v) is 2.10. The second kappa shape index (κ2) is 9.70. The predicted molar refractivity (Wildman–Crippen MR) is 98.7 cm³/mol. The number of esters is 1. The number of methoxy groups -OCH3 is 1. The van der Waals surface area contributed by atoms with E-state index in [2.05, 4.69) is 6.58 Å². The molecule has 0 aromatic heterocycles. The summed E-state index contributed by atoms with van der Waals surface area (Å²) in [6.45, 7) is 4.13. The first kappa shape index (κ1) is 18.8. The molecule has 0 heterocycles. The van der Waals surface area contributed by atoms with Gasteiger partial charge >= 0.3 is 5.97 Å². The number of rotatable bonds is 8. The Labute approximate surface area is 152 Å². The zero-order valence-corrected chi connectivity index (χ0v) is 14.5. The van der Waals surface area contributed by atoms with Crippen molar-refractivity contribution in [3.05, 3.63) is 77.9 Å². The molecule has 0 radical (unpaired) electrons. The van der Waals surface area contributed by atoms with E-state index in [1.54, 1.807) is 55.7 Å². The lowest BCUT2D eigenvalue weighted by molar-refractivity contribution is -0.138. The number of nitrogens with zero attached hydrogens (tertiary/aromatic N) is 1. The number of benzene rings is 2. The summed E-state index contributed by atoms with van der Waals surface area (Å²) in [5, 5.41) is 8.76. The molecule has 132 valence electrons. The number of carbonyl (C=O) groups is 1. The number of carbonyl (C=O) groups excluding carboxylic acids is 1. The minimum atomic E-state index is -0.458. The summed E-state index contributed by atoms with van der Waals surface area (Å²) >= 11 is 0. The van der Waals surface area contributed by atoms with Crippen LogP contribution in [0.4, 0.5) is 0 Å². The van der Waals surface area contributed by atoms with Gasteiger partial charge in [-0.05, 0) is 41.5 Å². The zero-order valence-electron chi connectivity index (χ0n) is 14.5. The van der Waals surface area contributed by atoms with Crippen molar-refractivity contribution in [1.82, 2.24) is 0 Å². The Kier molecular flexibility index (Phi) is 7.02. The van der Waals surface area contributed by atoms with Crippen molar-refractivity contribution in [2.75, 3.05) is 13.7 Å². The maximum atomic E-state index is 11.8. The van der Waals surface area contributed by atoms with Crippen molar-refractivity contribution >= 4 is 12.0 Å². The van der Waals surface area contributed by atoms with Crippen molar-refractivity contribution in [3.63, 3.8) is 0 Å². The fraction of sp³-hybridized carbons (Fsp3) is 0.143. The molecule has 0 saturated heterocycles. The first-order valence-electron chi connectivity index (χ1n) is 7.92. The highest BCUT2D eigenvalue weighted by atomic mass is 16.5. The summed E-state index contributed by atoms with van der Waals surface area (Å²) in [6, 6.07) is 14.3. The molecule has 0 atom stereocenters. The molecule has 0 N–H and O–H groups in total. The number of nitriles is 1. The minimum Gasteiger partial charge on any atom is -0.493 e. The van der Waals surface area contributed by atoms with Crippen molar-refractivity contribution in [3.8, 4) is 17.6 Å². The van der Waals surface area contributed by atoms with Crippen LogP contribution < -0.4 is 9.47 Å². The Bertz CT molecular complexity index is 832. The molecule has 0 aliphatic carbocycles. The molecular formula is C21H19NO4. The molecule has 2 aromatic rings. The van der Waals surface area contributed by atoms with Crippen LogP contribution in [-0.2, 0) is 16.1 Å². The maximum Gasteiger partial charge on any atom is 0.331 e. The first-order valence-corrected chi connectivity index (χ1v) is 7.92. The van der Waals surface area contributed by atoms with Gasteiger partial charge in [-0.25, -0.2) is 4.79 Å². The van der Waals surface area contributed by atoms with E-state index < -0.39 is 5.97 Å². The second-order valence-electron chi connectivity index (χ2n) is 5.26. The molecule has 2 rings (SSSR count). The van der Waals surface area contributed by atoms with Gasteiger partial charge in [0.05, 0.1) is 18.7 Å². The summed E-state index contributed by atoms with van der Waals surface area (Å²) < 4.78 is 15.9. The van der Waals surface area contributed by atoms with Gasteiger partial charge in [-0.15, -0.1) is 0 Å². The number of ether oxygens (including phenoxy) is 3. The molecule has 0 saturated carbocycles. The first-order chi connectivity index (χ1) is 12.7. The van der Waals surface area contributed by atoms with Crippen LogP contribution in [0, 0.1) is 11.3 Å². The molecule has 0 aliphatic rings. The Morgan fingerprint density at radius 2 is 1.96 bits per heavy atom. The third kappa shape index (κ3) is 5.53. The number of hydrogen-bond donors (Lipinski definition) is 0. The third-order valence-corrected chi connectivity index (χ3v) is 3.42. The maximum absolute atomic E-state index is 11.8. The molecule has 5 heteroatoms. The van der Waals surface area contributed by atoms with Gasteiger partial charge in [0.2, 0.25) is 0 Å². The van der Waals surface area contributed by atoms with Crippen molar-refractivity contribution in [1.29, 1.82) is 5.26 Å². The smallest absolute Gasteiger partial charge is 0.331 e. The molecule has 2 aromatic carbocycles. The topological polar surface area (TPSA) is 68.5 Å². The predicted octanol–water partition coefficient (Wildman–Crippen LogP) is 3.89. The van der Waals surface area contributed by atoms with Crippen LogP contribution in [-0.4, -0.2) is 19.7 Å². The van der Waals surface area contributed by atoms with Gasteiger partial charge in [-0.2, -0.15) is 5.26 Å². The van der Waals surface area contributed by atoms with Crippen molar-refractivity contribution in [2.24, 2.45) is 0 Å². The Morgan fingerprint density at radius 1 is 1.19 bits per heavy atom. The summed E-state index contributed by atoms with van der Waals surface area (Å²) in [5.74, 6) is 0.716. The Balaban J connectivity index is 1.94. The molecule has 5 nitrogen and oxygen atoms in total. The Morgan fingerprint density at radius 3 is 2.62 bits per heavy atom. The molecule has 0 amide bonds. The molecule has 0 bridgehead atoms.